The van der Waals surface area contributed by atoms with Crippen molar-refractivity contribution in [3.05, 3.63) is 0 Å². The second-order valence-electron chi connectivity index (χ2n) is 12.8. The van der Waals surface area contributed by atoms with Crippen LogP contribution in [0.25, 0.3) is 0 Å². The quantitative estimate of drug-likeness (QED) is 0.269. The van der Waals surface area contributed by atoms with Gasteiger partial charge < -0.3 is 25.7 Å². The summed E-state index contributed by atoms with van der Waals surface area (Å²) in [5.74, 6) is -0.783. The van der Waals surface area contributed by atoms with Crippen LogP contribution in [0.3, 0.4) is 0 Å². The van der Waals surface area contributed by atoms with E-state index in [1.807, 2.05) is 0 Å². The molecule has 0 aliphatic heterocycles. The Balaban J connectivity index is 1.46. The molecule has 0 spiro atoms. The monoisotopic (exact) mass is 531 g/mol. The van der Waals surface area contributed by atoms with E-state index in [0.717, 1.165) is 19.3 Å². The van der Waals surface area contributed by atoms with E-state index in [4.69, 9.17) is 4.55 Å². The molecule has 0 aromatic carbocycles. The topological polar surface area (TPSA) is 164 Å². The summed E-state index contributed by atoms with van der Waals surface area (Å²) in [4.78, 5) is 12.2. The Kier molecular flexibility index (Phi) is 7.65. The molecule has 4 aliphatic rings. The predicted octanol–water partition coefficient (Wildman–Crippen LogP) is 1.48. The zero-order valence-electron chi connectivity index (χ0n) is 21.8. The van der Waals surface area contributed by atoms with Crippen molar-refractivity contribution < 1.29 is 38.2 Å². The Morgan fingerprint density at radius 2 is 1.78 bits per heavy atom. The van der Waals surface area contributed by atoms with Crippen molar-refractivity contribution in [1.29, 1.82) is 0 Å². The lowest BCUT2D eigenvalue weighted by Gasteiger charge is -2.66. The molecule has 1 amide bonds. The van der Waals surface area contributed by atoms with Crippen molar-refractivity contribution in [3.8, 4) is 0 Å². The Morgan fingerprint density at radius 1 is 1.08 bits per heavy atom. The number of nitrogens with one attached hydrogen (secondary N) is 1. The van der Waals surface area contributed by atoms with Gasteiger partial charge in [0.15, 0.2) is 0 Å². The largest absolute Gasteiger partial charge is 0.393 e. The zero-order chi connectivity index (χ0) is 26.7. The van der Waals surface area contributed by atoms with Crippen molar-refractivity contribution in [3.63, 3.8) is 0 Å². The summed E-state index contributed by atoms with van der Waals surface area (Å²) in [6.07, 6.45) is 3.31. The highest BCUT2D eigenvalue weighted by molar-refractivity contribution is 7.85. The molecular formula is C26H45NO8S. The van der Waals surface area contributed by atoms with Crippen molar-refractivity contribution in [2.24, 2.45) is 40.4 Å². The number of hydrogen-bond donors (Lipinski definition) is 6. The van der Waals surface area contributed by atoms with Gasteiger partial charge in [-0.25, -0.2) is 0 Å². The first kappa shape index (κ1) is 28.2. The maximum absolute atomic E-state index is 12.3. The molecule has 3 unspecified atom stereocenters. The standard InChI is InChI=1S/C26H45NO8S/c1-15(4-5-22(31)27-10-11-36(33,34)35)18-7-9-26(32)23-19(6-8-24(18,26)2)25(3)16(13-20(23)29)12-17(28)14-21(25)30/h15-21,23,28-30,32H,4-14H2,1-3H3,(H,27,31)(H,33,34,35)/t15-,16+,17+,18-,19?,20-,21-,23?,24-,25+,26?/m1/s1. The summed E-state index contributed by atoms with van der Waals surface area (Å²) in [6.45, 7) is 6.20. The van der Waals surface area contributed by atoms with E-state index in [0.29, 0.717) is 32.1 Å². The van der Waals surface area contributed by atoms with Crippen LogP contribution in [0.5, 0.6) is 0 Å². The Bertz CT molecular complexity index is 944. The molecule has 9 nitrogen and oxygen atoms in total. The second-order valence-corrected chi connectivity index (χ2v) is 14.4. The molecule has 36 heavy (non-hydrogen) atoms. The average Bonchev–Trinajstić information content (AvgIpc) is 3.04. The van der Waals surface area contributed by atoms with Gasteiger partial charge in [0.05, 0.1) is 29.7 Å². The van der Waals surface area contributed by atoms with Crippen LogP contribution in [0.1, 0.15) is 78.6 Å². The van der Waals surface area contributed by atoms with E-state index in [-0.39, 0.29) is 48.5 Å². The number of rotatable bonds is 7. The molecule has 0 saturated heterocycles. The van der Waals surface area contributed by atoms with Crippen LogP contribution in [0.4, 0.5) is 0 Å². The van der Waals surface area contributed by atoms with Crippen molar-refractivity contribution in [2.75, 3.05) is 12.3 Å². The second kappa shape index (κ2) is 9.75. The third-order valence-corrected chi connectivity index (χ3v) is 11.9. The minimum Gasteiger partial charge on any atom is -0.393 e. The number of aliphatic hydroxyl groups is 4. The number of hydrogen-bond acceptors (Lipinski definition) is 7. The molecule has 4 fully saturated rings. The first-order valence-corrected chi connectivity index (χ1v) is 15.2. The van der Waals surface area contributed by atoms with E-state index in [2.05, 4.69) is 26.1 Å². The first-order valence-electron chi connectivity index (χ1n) is 13.6. The van der Waals surface area contributed by atoms with E-state index < -0.39 is 50.6 Å². The molecule has 4 saturated carbocycles. The summed E-state index contributed by atoms with van der Waals surface area (Å²) in [5.41, 5.74) is -1.92. The van der Waals surface area contributed by atoms with Crippen LogP contribution in [-0.4, -0.2) is 75.5 Å². The fourth-order valence-electron chi connectivity index (χ4n) is 9.18. The molecule has 10 heteroatoms. The normalized spacial score (nSPS) is 47.4. The summed E-state index contributed by atoms with van der Waals surface area (Å²) < 4.78 is 30.5. The zero-order valence-corrected chi connectivity index (χ0v) is 22.6. The third kappa shape index (κ3) is 4.64. The molecule has 0 radical (unpaired) electrons. The van der Waals surface area contributed by atoms with Gasteiger partial charge in [0.1, 0.15) is 0 Å². The summed E-state index contributed by atoms with van der Waals surface area (Å²) in [5, 5.41) is 47.6. The van der Waals surface area contributed by atoms with E-state index in [9.17, 15) is 33.6 Å². The minimum absolute atomic E-state index is 0.0190. The molecule has 0 aromatic heterocycles. The van der Waals surface area contributed by atoms with Gasteiger partial charge in [0.2, 0.25) is 5.91 Å². The van der Waals surface area contributed by atoms with Gasteiger partial charge in [0, 0.05) is 18.9 Å². The molecule has 11 atom stereocenters. The number of aliphatic hydroxyl groups excluding tert-OH is 3. The maximum Gasteiger partial charge on any atom is 0.266 e. The van der Waals surface area contributed by atoms with Crippen molar-refractivity contribution >= 4 is 16.0 Å². The fraction of sp³-hybridized carbons (Fsp3) is 0.962. The smallest absolute Gasteiger partial charge is 0.266 e. The number of carbonyl (C=O) groups is 1. The van der Waals surface area contributed by atoms with Gasteiger partial charge in [-0.05, 0) is 85.9 Å². The van der Waals surface area contributed by atoms with E-state index in [1.165, 1.54) is 0 Å². The minimum atomic E-state index is -4.12. The van der Waals surface area contributed by atoms with Crippen LogP contribution < -0.4 is 5.32 Å². The van der Waals surface area contributed by atoms with Crippen molar-refractivity contribution in [2.45, 2.75) is 102 Å². The predicted molar refractivity (Wildman–Crippen MR) is 133 cm³/mol. The Labute approximate surface area is 214 Å². The number of fused-ring (bicyclic) bond motifs is 5. The Morgan fingerprint density at radius 3 is 2.44 bits per heavy atom. The fourth-order valence-corrected chi connectivity index (χ4v) is 9.54. The molecule has 208 valence electrons. The molecule has 4 rings (SSSR count). The van der Waals surface area contributed by atoms with E-state index in [1.54, 1.807) is 0 Å². The maximum atomic E-state index is 12.3. The van der Waals surface area contributed by atoms with Crippen LogP contribution in [-0.2, 0) is 14.9 Å². The number of amides is 1. The highest BCUT2D eigenvalue weighted by atomic mass is 32.2. The Hall–Kier alpha value is -0.780. The van der Waals surface area contributed by atoms with Gasteiger partial charge in [0.25, 0.3) is 10.1 Å². The van der Waals surface area contributed by atoms with Crippen LogP contribution >= 0.6 is 0 Å². The van der Waals surface area contributed by atoms with Gasteiger partial charge in [-0.2, -0.15) is 8.42 Å². The molecule has 0 aromatic rings. The molecule has 6 N–H and O–H groups in total. The van der Waals surface area contributed by atoms with Crippen LogP contribution in [0, 0.1) is 40.4 Å². The van der Waals surface area contributed by atoms with Crippen molar-refractivity contribution in [1.82, 2.24) is 5.32 Å². The average molecular weight is 532 g/mol. The lowest BCUT2D eigenvalue weighted by molar-refractivity contribution is -0.262. The summed E-state index contributed by atoms with van der Waals surface area (Å²) in [7, 11) is -4.12. The molecular weight excluding hydrogens is 486 g/mol. The molecule has 0 bridgehead atoms. The highest BCUT2D eigenvalue weighted by Crippen LogP contribution is 2.69. The van der Waals surface area contributed by atoms with Gasteiger partial charge in [-0.1, -0.05) is 20.8 Å². The van der Waals surface area contributed by atoms with Gasteiger partial charge in [-0.15, -0.1) is 0 Å². The third-order valence-electron chi connectivity index (χ3n) is 11.2. The van der Waals surface area contributed by atoms with Gasteiger partial charge >= 0.3 is 0 Å². The summed E-state index contributed by atoms with van der Waals surface area (Å²) in [6, 6.07) is 0. The van der Waals surface area contributed by atoms with E-state index >= 15 is 0 Å². The first-order chi connectivity index (χ1) is 16.6. The van der Waals surface area contributed by atoms with Gasteiger partial charge in [-0.3, -0.25) is 9.35 Å². The summed E-state index contributed by atoms with van der Waals surface area (Å²) >= 11 is 0. The van der Waals surface area contributed by atoms with Crippen LogP contribution in [0.2, 0.25) is 0 Å². The number of carbonyl (C=O) groups excluding carboxylic acids is 1. The lowest BCUT2D eigenvalue weighted by Crippen LogP contribution is -2.68. The SMILES string of the molecule is C[C@H](CCC(=O)NCCS(=O)(=O)O)[C@H]1CCC2(O)C3C(CC[C@]12C)[C@]1(C)[C@@H](C[C@H](O)C[C@H]1O)C[C@H]3O. The van der Waals surface area contributed by atoms with Crippen LogP contribution in [0.15, 0.2) is 0 Å². The molecule has 0 heterocycles. The molecule has 4 aliphatic carbocycles. The lowest BCUT2D eigenvalue weighted by atomic mass is 9.41. The highest BCUT2D eigenvalue weighted by Gasteiger charge is 2.70.